The van der Waals surface area contributed by atoms with Crippen molar-refractivity contribution in [3.63, 3.8) is 0 Å². The maximum atomic E-state index is 5.67. The van der Waals surface area contributed by atoms with Crippen LogP contribution in [0.2, 0.25) is 10.3 Å². The van der Waals surface area contributed by atoms with E-state index in [4.69, 9.17) is 23.2 Å². The Morgan fingerprint density at radius 1 is 0.850 bits per heavy atom. The van der Waals surface area contributed by atoms with E-state index in [9.17, 15) is 0 Å². The van der Waals surface area contributed by atoms with E-state index in [1.54, 1.807) is 0 Å². The first-order valence-electron chi connectivity index (χ1n) is 5.10. The van der Waals surface area contributed by atoms with Gasteiger partial charge in [0.05, 0.1) is 0 Å². The van der Waals surface area contributed by atoms with E-state index in [0.717, 1.165) is 10.3 Å². The Hall–Kier alpha value is 1.80. The molecule has 0 fully saturated rings. The van der Waals surface area contributed by atoms with Gasteiger partial charge in [-0.25, -0.2) is 0 Å². The van der Waals surface area contributed by atoms with E-state index < -0.39 is 0 Å². The molecule has 8 heteroatoms. The zero-order chi connectivity index (χ0) is 14.7. The monoisotopic (exact) mass is 764 g/mol. The third-order valence-corrected chi connectivity index (χ3v) is 2.77. The van der Waals surface area contributed by atoms with Gasteiger partial charge in [0, 0.05) is 24.3 Å². The van der Waals surface area contributed by atoms with Gasteiger partial charge in [0.2, 0.25) is 0 Å². The molecule has 0 unspecified atom stereocenters. The molecule has 2 heterocycles. The van der Waals surface area contributed by atoms with Crippen LogP contribution in [0.1, 0.15) is 0 Å². The second-order valence-electron chi connectivity index (χ2n) is 3.32. The molecule has 0 spiro atoms. The van der Waals surface area contributed by atoms with E-state index in [1.807, 2.05) is 72.0 Å². The number of halogens is 6. The largest absolute Gasteiger partial charge is 1.00 e. The van der Waals surface area contributed by atoms with E-state index in [1.165, 1.54) is 0 Å². The molecule has 0 aliphatic rings. The minimum atomic E-state index is 0. The average Bonchev–Trinajstić information content (AvgIpc) is 2.38. The van der Waals surface area contributed by atoms with Gasteiger partial charge in [-0.3, -0.25) is 0 Å². The van der Waals surface area contributed by atoms with Gasteiger partial charge >= 0.3 is 50.5 Å². The molecule has 0 atom stereocenters. The van der Waals surface area contributed by atoms with Crippen molar-refractivity contribution < 1.29 is 46.4 Å². The number of aromatic nitrogens is 2. The van der Waals surface area contributed by atoms with Gasteiger partial charge < -0.3 is 24.0 Å². The van der Waals surface area contributed by atoms with Crippen molar-refractivity contribution in [2.75, 3.05) is 0 Å². The van der Waals surface area contributed by atoms with Gasteiger partial charge in [0.25, 0.3) is 10.3 Å². The SMILES string of the molecule is C[n+]1ccccc1Cl.C[n+]1ccccc1Cl.I[I-]I.[I-]. The van der Waals surface area contributed by atoms with Crippen molar-refractivity contribution in [1.82, 2.24) is 0 Å². The van der Waals surface area contributed by atoms with Crippen molar-refractivity contribution in [2.24, 2.45) is 14.1 Å². The van der Waals surface area contributed by atoms with Crippen molar-refractivity contribution in [3.8, 4) is 0 Å². The Balaban J connectivity index is 0. The van der Waals surface area contributed by atoms with Crippen LogP contribution in [-0.2, 0) is 14.1 Å². The molecular formula is C12H14Cl2I4N2. The predicted molar refractivity (Wildman–Crippen MR) is 93.3 cm³/mol. The Kier molecular flexibility index (Phi) is 18.9. The maximum absolute atomic E-state index is 5.67. The molecule has 0 bridgehead atoms. The third-order valence-electron chi connectivity index (χ3n) is 1.98. The third kappa shape index (κ3) is 12.4. The first-order valence-corrected chi connectivity index (χ1v) is 18.4. The number of rotatable bonds is 0. The number of aryl methyl sites for hydroxylation is 2. The molecular weight excluding hydrogens is 751 g/mol. The Labute approximate surface area is 177 Å². The Bertz CT molecular complexity index is 401. The summed E-state index contributed by atoms with van der Waals surface area (Å²) in [4.78, 5) is 0. The van der Waals surface area contributed by atoms with Crippen LogP contribution in [0.3, 0.4) is 0 Å². The molecule has 0 aliphatic heterocycles. The second kappa shape index (κ2) is 15.7. The van der Waals surface area contributed by atoms with Gasteiger partial charge in [0.1, 0.15) is 14.1 Å². The molecule has 114 valence electrons. The van der Waals surface area contributed by atoms with Gasteiger partial charge in [-0.2, -0.15) is 9.13 Å². The molecule has 0 aliphatic carbocycles. The molecule has 2 rings (SSSR count). The van der Waals surface area contributed by atoms with Gasteiger partial charge in [0.15, 0.2) is 12.4 Å². The van der Waals surface area contributed by atoms with Crippen LogP contribution in [0.5, 0.6) is 0 Å². The first kappa shape index (κ1) is 24.1. The standard InChI is InChI=1S/2C6H7ClN.I3.HI/c2*1-8-5-3-2-4-6(8)7;1-3-2;/h2*2-5H,1H3;;1H/q2*+1;-1;/p-1. The predicted octanol–water partition coefficient (Wildman–Crippen LogP) is -1.89. The van der Waals surface area contributed by atoms with Crippen molar-refractivity contribution in [1.29, 1.82) is 0 Å². The van der Waals surface area contributed by atoms with Crippen molar-refractivity contribution in [3.05, 3.63) is 59.1 Å². The summed E-state index contributed by atoms with van der Waals surface area (Å²) in [5, 5.41) is 1.51. The van der Waals surface area contributed by atoms with E-state index in [-0.39, 0.29) is 24.0 Å². The molecule has 0 saturated heterocycles. The van der Waals surface area contributed by atoms with Crippen LogP contribution >= 0.6 is 60.4 Å². The average molecular weight is 765 g/mol. The molecule has 0 saturated carbocycles. The maximum Gasteiger partial charge on any atom is -1.00 e. The molecule has 20 heavy (non-hydrogen) atoms. The van der Waals surface area contributed by atoms with Crippen LogP contribution in [0.4, 0.5) is 0 Å². The van der Waals surface area contributed by atoms with Crippen LogP contribution in [0.25, 0.3) is 0 Å². The fourth-order valence-electron chi connectivity index (χ4n) is 1.01. The molecule has 0 radical (unpaired) electrons. The number of hydrogen-bond acceptors (Lipinski definition) is 0. The Morgan fingerprint density at radius 2 is 1.15 bits per heavy atom. The van der Waals surface area contributed by atoms with Crippen molar-refractivity contribution >= 4 is 60.4 Å². The number of nitrogens with zero attached hydrogens (tertiary/aromatic N) is 2. The van der Waals surface area contributed by atoms with Crippen LogP contribution in [-0.4, -0.2) is 0 Å². The molecule has 2 aromatic rings. The summed E-state index contributed by atoms with van der Waals surface area (Å²) in [5.74, 6) is 0. The van der Waals surface area contributed by atoms with E-state index in [0.29, 0.717) is 13.3 Å². The number of pyridine rings is 2. The summed E-state index contributed by atoms with van der Waals surface area (Å²) in [7, 11) is 3.81. The molecule has 2 aromatic heterocycles. The summed E-state index contributed by atoms with van der Waals surface area (Å²) in [5.41, 5.74) is 0. The fourth-order valence-corrected chi connectivity index (χ4v) is 1.26. The van der Waals surface area contributed by atoms with Gasteiger partial charge in [-0.15, -0.1) is 0 Å². The smallest absolute Gasteiger partial charge is 1.00 e. The van der Waals surface area contributed by atoms with Gasteiger partial charge in [-0.05, 0) is 35.3 Å². The van der Waals surface area contributed by atoms with Gasteiger partial charge in [-0.1, -0.05) is 0 Å². The quantitative estimate of drug-likeness (QED) is 0.169. The minimum absolute atomic E-state index is 0. The summed E-state index contributed by atoms with van der Waals surface area (Å²) < 4.78 is 3.70. The minimum Gasteiger partial charge on any atom is -1.00 e. The van der Waals surface area contributed by atoms with E-state index in [2.05, 4.69) is 37.2 Å². The topological polar surface area (TPSA) is 7.76 Å². The van der Waals surface area contributed by atoms with Crippen molar-refractivity contribution in [2.45, 2.75) is 0 Å². The summed E-state index contributed by atoms with van der Waals surface area (Å²) in [6, 6.07) is 11.4. The van der Waals surface area contributed by atoms with Crippen LogP contribution < -0.4 is 46.4 Å². The zero-order valence-electron chi connectivity index (χ0n) is 10.8. The normalized spacial score (nSPS) is 8.50. The molecule has 2 nitrogen and oxygen atoms in total. The zero-order valence-corrected chi connectivity index (χ0v) is 20.9. The fraction of sp³-hybridized carbons (Fsp3) is 0.167. The summed E-state index contributed by atoms with van der Waals surface area (Å²) in [6.07, 6.45) is 3.81. The van der Waals surface area contributed by atoms with Crippen LogP contribution in [0.15, 0.2) is 48.8 Å². The second-order valence-corrected chi connectivity index (χ2v) is 20.3. The molecule has 0 N–H and O–H groups in total. The van der Waals surface area contributed by atoms with Crippen LogP contribution in [0, 0.1) is 0 Å². The molecule has 0 amide bonds. The number of hydrogen-bond donors (Lipinski definition) is 0. The summed E-state index contributed by atoms with van der Waals surface area (Å²) in [6.45, 7) is 0. The summed E-state index contributed by atoms with van der Waals surface area (Å²) >= 11 is 16.6. The first-order chi connectivity index (χ1) is 9.02. The molecule has 0 aromatic carbocycles. The Morgan fingerprint density at radius 3 is 1.30 bits per heavy atom. The van der Waals surface area contributed by atoms with E-state index >= 15 is 0 Å².